The third-order valence-electron chi connectivity index (χ3n) is 6.35. The number of nitrogens with zero attached hydrogens (tertiary/aromatic N) is 3. The van der Waals surface area contributed by atoms with Crippen LogP contribution in [0, 0.1) is 11.7 Å². The van der Waals surface area contributed by atoms with Crippen molar-refractivity contribution < 1.29 is 9.13 Å². The molecule has 2 heterocycles. The van der Waals surface area contributed by atoms with Gasteiger partial charge in [0.1, 0.15) is 5.82 Å². The smallest absolute Gasteiger partial charge is 0.191 e. The van der Waals surface area contributed by atoms with Gasteiger partial charge in [0.25, 0.3) is 0 Å². The Hall–Kier alpha value is -0.970. The van der Waals surface area contributed by atoms with E-state index in [1.54, 1.807) is 19.2 Å². The number of rotatable bonds is 8. The summed E-state index contributed by atoms with van der Waals surface area (Å²) in [5.74, 6) is 1.46. The molecular formula is C23H39FIN5O. The number of halogens is 2. The molecule has 6 nitrogen and oxygen atoms in total. The first-order valence-electron chi connectivity index (χ1n) is 11.3. The highest BCUT2D eigenvalue weighted by molar-refractivity contribution is 14.0. The average molecular weight is 548 g/mol. The molecule has 0 radical (unpaired) electrons. The average Bonchev–Trinajstić information content (AvgIpc) is 2.78. The third-order valence-corrected chi connectivity index (χ3v) is 6.35. The molecule has 8 heteroatoms. The van der Waals surface area contributed by atoms with Crippen molar-refractivity contribution in [2.24, 2.45) is 10.9 Å². The first-order valence-corrected chi connectivity index (χ1v) is 11.3. The summed E-state index contributed by atoms with van der Waals surface area (Å²) in [6.07, 6.45) is 4.66. The number of benzene rings is 1. The molecule has 0 amide bonds. The maximum Gasteiger partial charge on any atom is 0.191 e. The zero-order chi connectivity index (χ0) is 21.2. The second kappa shape index (κ2) is 14.2. The molecule has 2 aliphatic rings. The first-order chi connectivity index (χ1) is 14.7. The van der Waals surface area contributed by atoms with Crippen LogP contribution in [0.2, 0.25) is 0 Å². The summed E-state index contributed by atoms with van der Waals surface area (Å²) in [6, 6.07) is 7.31. The molecule has 0 aliphatic carbocycles. The van der Waals surface area contributed by atoms with Gasteiger partial charge in [0.2, 0.25) is 0 Å². The van der Waals surface area contributed by atoms with Crippen LogP contribution in [0.5, 0.6) is 0 Å². The molecule has 0 aromatic heterocycles. The van der Waals surface area contributed by atoms with Crippen LogP contribution >= 0.6 is 24.0 Å². The number of methoxy groups -OCH3 is 1. The normalized spacial score (nSPS) is 19.8. The lowest BCUT2D eigenvalue weighted by Crippen LogP contribution is -2.49. The molecule has 2 N–H and O–H groups in total. The van der Waals surface area contributed by atoms with Gasteiger partial charge in [0.05, 0.1) is 6.61 Å². The molecule has 0 saturated carbocycles. The molecule has 2 fully saturated rings. The maximum absolute atomic E-state index is 13.1. The number of hydrogen-bond donors (Lipinski definition) is 2. The largest absolute Gasteiger partial charge is 0.383 e. The highest BCUT2D eigenvalue weighted by Crippen LogP contribution is 2.17. The molecule has 0 atom stereocenters. The summed E-state index contributed by atoms with van der Waals surface area (Å²) in [5, 5.41) is 7.16. The Kier molecular flexibility index (Phi) is 12.1. The Morgan fingerprint density at radius 2 is 1.71 bits per heavy atom. The van der Waals surface area contributed by atoms with Gasteiger partial charge in [-0.3, -0.25) is 9.89 Å². The Morgan fingerprint density at radius 3 is 2.32 bits per heavy atom. The second-order valence-electron chi connectivity index (χ2n) is 8.55. The van der Waals surface area contributed by atoms with Crippen molar-refractivity contribution in [2.75, 3.05) is 60.0 Å². The minimum absolute atomic E-state index is 0. The lowest BCUT2D eigenvalue weighted by molar-refractivity contribution is 0.120. The number of hydrogen-bond acceptors (Lipinski definition) is 4. The molecule has 0 spiro atoms. The fourth-order valence-corrected chi connectivity index (χ4v) is 4.35. The van der Waals surface area contributed by atoms with Crippen LogP contribution in [-0.4, -0.2) is 81.8 Å². The van der Waals surface area contributed by atoms with E-state index in [1.165, 1.54) is 18.4 Å². The lowest BCUT2D eigenvalue weighted by Gasteiger charge is -2.34. The van der Waals surface area contributed by atoms with Crippen molar-refractivity contribution in [1.29, 1.82) is 0 Å². The number of guanidine groups is 1. The lowest BCUT2D eigenvalue weighted by atomic mass is 9.97. The fourth-order valence-electron chi connectivity index (χ4n) is 4.35. The molecule has 0 unspecified atom stereocenters. The SMILES string of the molecule is CN=C(NCC1CCN(CCOC)CC1)NC1CCN(Cc2ccc(F)cc2)CC1.I. The predicted octanol–water partition coefficient (Wildman–Crippen LogP) is 2.93. The quantitative estimate of drug-likeness (QED) is 0.298. The number of ether oxygens (including phenoxy) is 1. The Balaban J connectivity index is 0.00000341. The molecule has 3 rings (SSSR count). The van der Waals surface area contributed by atoms with Gasteiger partial charge < -0.3 is 20.3 Å². The van der Waals surface area contributed by atoms with Crippen molar-refractivity contribution in [2.45, 2.75) is 38.3 Å². The molecule has 1 aromatic carbocycles. The summed E-state index contributed by atoms with van der Waals surface area (Å²) in [6.45, 7) is 8.16. The van der Waals surface area contributed by atoms with Gasteiger partial charge in [-0.15, -0.1) is 24.0 Å². The molecule has 2 saturated heterocycles. The van der Waals surface area contributed by atoms with Crippen LogP contribution in [0.25, 0.3) is 0 Å². The van der Waals surface area contributed by atoms with E-state index in [4.69, 9.17) is 4.74 Å². The number of nitrogens with one attached hydrogen (secondary N) is 2. The van der Waals surface area contributed by atoms with Crippen LogP contribution in [0.4, 0.5) is 4.39 Å². The van der Waals surface area contributed by atoms with Crippen molar-refractivity contribution in [3.05, 3.63) is 35.6 Å². The number of piperidine rings is 2. The highest BCUT2D eigenvalue weighted by Gasteiger charge is 2.22. The van der Waals surface area contributed by atoms with Crippen molar-refractivity contribution in [1.82, 2.24) is 20.4 Å². The Labute approximate surface area is 204 Å². The molecule has 1 aromatic rings. The van der Waals surface area contributed by atoms with Crippen LogP contribution in [-0.2, 0) is 11.3 Å². The van der Waals surface area contributed by atoms with Crippen LogP contribution in [0.15, 0.2) is 29.3 Å². The third kappa shape index (κ3) is 9.19. The van der Waals surface area contributed by atoms with E-state index >= 15 is 0 Å². The fraction of sp³-hybridized carbons (Fsp3) is 0.696. The van der Waals surface area contributed by atoms with E-state index in [0.717, 1.165) is 71.2 Å². The van der Waals surface area contributed by atoms with E-state index in [-0.39, 0.29) is 29.8 Å². The topological polar surface area (TPSA) is 52.1 Å². The van der Waals surface area contributed by atoms with Crippen molar-refractivity contribution >= 4 is 29.9 Å². The van der Waals surface area contributed by atoms with Crippen molar-refractivity contribution in [3.63, 3.8) is 0 Å². The molecule has 0 bridgehead atoms. The molecule has 2 aliphatic heterocycles. The standard InChI is InChI=1S/C23H38FN5O.HI/c1-25-23(26-17-19-7-11-28(12-8-19)15-16-30-2)27-22-9-13-29(14-10-22)18-20-3-5-21(24)6-4-20;/h3-6,19,22H,7-18H2,1-2H3,(H2,25,26,27);1H. The zero-order valence-electron chi connectivity index (χ0n) is 19.0. The van der Waals surface area contributed by atoms with Gasteiger partial charge in [-0.25, -0.2) is 4.39 Å². The minimum atomic E-state index is -0.169. The van der Waals surface area contributed by atoms with Crippen LogP contribution < -0.4 is 10.6 Å². The maximum atomic E-state index is 13.1. The minimum Gasteiger partial charge on any atom is -0.383 e. The Morgan fingerprint density at radius 1 is 1.06 bits per heavy atom. The summed E-state index contributed by atoms with van der Waals surface area (Å²) < 4.78 is 18.3. The molecular weight excluding hydrogens is 508 g/mol. The summed E-state index contributed by atoms with van der Waals surface area (Å²) in [7, 11) is 3.62. The van der Waals surface area contributed by atoms with E-state index in [2.05, 4.69) is 25.4 Å². The van der Waals surface area contributed by atoms with Crippen LogP contribution in [0.1, 0.15) is 31.2 Å². The van der Waals surface area contributed by atoms with E-state index in [1.807, 2.05) is 19.2 Å². The van der Waals surface area contributed by atoms with Gasteiger partial charge in [0.15, 0.2) is 5.96 Å². The number of likely N-dealkylation sites (tertiary alicyclic amines) is 2. The molecule has 176 valence electrons. The van der Waals surface area contributed by atoms with E-state index in [0.29, 0.717) is 12.0 Å². The second-order valence-corrected chi connectivity index (χ2v) is 8.55. The van der Waals surface area contributed by atoms with Gasteiger partial charge >= 0.3 is 0 Å². The van der Waals surface area contributed by atoms with E-state index in [9.17, 15) is 4.39 Å². The van der Waals surface area contributed by atoms with Crippen LogP contribution in [0.3, 0.4) is 0 Å². The van der Waals surface area contributed by atoms with E-state index < -0.39 is 0 Å². The summed E-state index contributed by atoms with van der Waals surface area (Å²) >= 11 is 0. The van der Waals surface area contributed by atoms with Gasteiger partial charge in [-0.05, 0) is 62.4 Å². The highest BCUT2D eigenvalue weighted by atomic mass is 127. The zero-order valence-corrected chi connectivity index (χ0v) is 21.3. The number of aliphatic imine (C=N–C) groups is 1. The molecule has 31 heavy (non-hydrogen) atoms. The van der Waals surface area contributed by atoms with Gasteiger partial charge in [0, 0.05) is 52.9 Å². The van der Waals surface area contributed by atoms with Gasteiger partial charge in [-0.2, -0.15) is 0 Å². The van der Waals surface area contributed by atoms with Crippen molar-refractivity contribution in [3.8, 4) is 0 Å². The predicted molar refractivity (Wildman–Crippen MR) is 136 cm³/mol. The Bertz CT molecular complexity index is 644. The monoisotopic (exact) mass is 547 g/mol. The first kappa shape index (κ1) is 26.3. The van der Waals surface area contributed by atoms with Gasteiger partial charge in [-0.1, -0.05) is 12.1 Å². The summed E-state index contributed by atoms with van der Waals surface area (Å²) in [4.78, 5) is 9.37. The summed E-state index contributed by atoms with van der Waals surface area (Å²) in [5.41, 5.74) is 1.17.